The van der Waals surface area contributed by atoms with Crippen molar-refractivity contribution in [3.8, 4) is 0 Å². The molecule has 9 atom stereocenters. The number of allylic oxidation sites excluding steroid dienone is 6. The lowest BCUT2D eigenvalue weighted by Gasteiger charge is -2.51. The van der Waals surface area contributed by atoms with E-state index in [4.69, 9.17) is 14.6 Å². The minimum Gasteiger partial charge on any atom is -0.478 e. The Labute approximate surface area is 185 Å². The molecule has 31 heavy (non-hydrogen) atoms. The molecule has 2 aliphatic heterocycles. The smallest absolute Gasteiger partial charge is 0.328 e. The van der Waals surface area contributed by atoms with Crippen molar-refractivity contribution in [2.24, 2.45) is 23.7 Å². The number of epoxide rings is 2. The molecule has 3 fully saturated rings. The van der Waals surface area contributed by atoms with Gasteiger partial charge in [-0.05, 0) is 51.4 Å². The maximum atomic E-state index is 12.5. The summed E-state index contributed by atoms with van der Waals surface area (Å²) < 4.78 is 12.6. The fourth-order valence-electron chi connectivity index (χ4n) is 6.50. The highest BCUT2D eigenvalue weighted by molar-refractivity contribution is 5.80. The minimum atomic E-state index is -1.12. The molecule has 5 heteroatoms. The summed E-state index contributed by atoms with van der Waals surface area (Å²) in [7, 11) is 0. The summed E-state index contributed by atoms with van der Waals surface area (Å²) in [4.78, 5) is 10.6. The molecule has 2 heterocycles. The van der Waals surface area contributed by atoms with Gasteiger partial charge < -0.3 is 19.7 Å². The summed E-state index contributed by atoms with van der Waals surface area (Å²) in [6.07, 6.45) is 15.5. The van der Waals surface area contributed by atoms with Crippen LogP contribution in [0.25, 0.3) is 0 Å². The number of hydrogen-bond acceptors (Lipinski definition) is 4. The van der Waals surface area contributed by atoms with Gasteiger partial charge in [0, 0.05) is 12.0 Å². The summed E-state index contributed by atoms with van der Waals surface area (Å²) >= 11 is 0. The molecule has 0 amide bonds. The van der Waals surface area contributed by atoms with Crippen molar-refractivity contribution >= 4 is 5.97 Å². The second-order valence-electron chi connectivity index (χ2n) is 10.3. The highest BCUT2D eigenvalue weighted by atomic mass is 16.7. The van der Waals surface area contributed by atoms with Gasteiger partial charge in [-0.25, -0.2) is 4.79 Å². The van der Waals surface area contributed by atoms with E-state index in [1.165, 1.54) is 11.6 Å². The second-order valence-corrected chi connectivity index (χ2v) is 10.3. The van der Waals surface area contributed by atoms with Crippen molar-refractivity contribution in [3.63, 3.8) is 0 Å². The molecule has 2 N–H and O–H groups in total. The summed E-state index contributed by atoms with van der Waals surface area (Å²) in [5.41, 5.74) is -0.989. The van der Waals surface area contributed by atoms with Gasteiger partial charge >= 0.3 is 5.97 Å². The van der Waals surface area contributed by atoms with Gasteiger partial charge in [-0.3, -0.25) is 0 Å². The third-order valence-corrected chi connectivity index (χ3v) is 8.46. The van der Waals surface area contributed by atoms with Crippen molar-refractivity contribution in [3.05, 3.63) is 48.1 Å². The molecule has 0 spiro atoms. The molecule has 0 aromatic carbocycles. The maximum Gasteiger partial charge on any atom is 0.328 e. The van der Waals surface area contributed by atoms with E-state index >= 15 is 0 Å². The molecule has 4 aliphatic rings. The molecule has 5 nitrogen and oxygen atoms in total. The molecule has 2 saturated heterocycles. The molecule has 4 rings (SSSR count). The number of aliphatic hydroxyl groups is 1. The van der Waals surface area contributed by atoms with E-state index in [0.29, 0.717) is 11.8 Å². The number of fused-ring (bicyclic) bond motifs is 3. The van der Waals surface area contributed by atoms with E-state index < -0.39 is 22.8 Å². The number of carboxylic acids is 1. The molecule has 170 valence electrons. The Morgan fingerprint density at radius 2 is 1.90 bits per heavy atom. The standard InChI is InChI=1S/C26H36O5/c1-6-17(3)22-24(4,30-22)26(29)20(11-9-7-8-10-12-21(27)28)18-14-13-16(2)15-19(18)23-25(26,5)31-23/h7-13,17-20,22-23,29H,6,14-15H2,1-5H3,(H,27,28)/b8-7+,11-9+,12-10+. The first kappa shape index (κ1) is 22.5. The second kappa shape index (κ2) is 7.72. The van der Waals surface area contributed by atoms with E-state index in [9.17, 15) is 9.90 Å². The largest absolute Gasteiger partial charge is 0.478 e. The van der Waals surface area contributed by atoms with Crippen LogP contribution in [-0.2, 0) is 14.3 Å². The fraction of sp³-hybridized carbons (Fsp3) is 0.654. The van der Waals surface area contributed by atoms with Gasteiger partial charge in [-0.1, -0.05) is 62.3 Å². The first-order chi connectivity index (χ1) is 14.6. The molecule has 9 unspecified atom stereocenters. The van der Waals surface area contributed by atoms with Crippen LogP contribution in [0.3, 0.4) is 0 Å². The number of hydrogen-bond donors (Lipinski definition) is 2. The van der Waals surface area contributed by atoms with Gasteiger partial charge in [0.25, 0.3) is 0 Å². The molecule has 0 bridgehead atoms. The van der Waals surface area contributed by atoms with Gasteiger partial charge in [-0.2, -0.15) is 0 Å². The molecular weight excluding hydrogens is 392 g/mol. The maximum absolute atomic E-state index is 12.5. The van der Waals surface area contributed by atoms with Crippen molar-refractivity contribution < 1.29 is 24.5 Å². The molecule has 1 saturated carbocycles. The van der Waals surface area contributed by atoms with Crippen LogP contribution >= 0.6 is 0 Å². The fourth-order valence-corrected chi connectivity index (χ4v) is 6.50. The van der Waals surface area contributed by atoms with Crippen LogP contribution in [-0.4, -0.2) is 45.2 Å². The molecule has 2 aliphatic carbocycles. The Bertz CT molecular complexity index is 856. The minimum absolute atomic E-state index is 0.0199. The Hall–Kier alpha value is -1.69. The van der Waals surface area contributed by atoms with Crippen molar-refractivity contribution in [2.45, 2.75) is 82.9 Å². The quantitative estimate of drug-likeness (QED) is 0.271. The lowest BCUT2D eigenvalue weighted by atomic mass is 9.52. The predicted molar refractivity (Wildman–Crippen MR) is 119 cm³/mol. The van der Waals surface area contributed by atoms with Crippen molar-refractivity contribution in [1.29, 1.82) is 0 Å². The topological polar surface area (TPSA) is 82.6 Å². The number of ether oxygens (including phenoxy) is 2. The van der Waals surface area contributed by atoms with E-state index in [2.05, 4.69) is 46.8 Å². The third-order valence-electron chi connectivity index (χ3n) is 8.46. The number of rotatable bonds is 7. The molecule has 0 aromatic heterocycles. The molecular formula is C26H36O5. The summed E-state index contributed by atoms with van der Waals surface area (Å²) in [5.74, 6) is -0.0379. The predicted octanol–water partition coefficient (Wildman–Crippen LogP) is 4.43. The van der Waals surface area contributed by atoms with Crippen LogP contribution in [0.15, 0.2) is 48.1 Å². The van der Waals surface area contributed by atoms with Gasteiger partial charge in [0.15, 0.2) is 0 Å². The zero-order chi connectivity index (χ0) is 22.6. The normalized spacial score (nSPS) is 47.3. The van der Waals surface area contributed by atoms with Crippen LogP contribution in [0.2, 0.25) is 0 Å². The number of carbonyl (C=O) groups is 1. The first-order valence-electron chi connectivity index (χ1n) is 11.6. The van der Waals surface area contributed by atoms with E-state index in [0.717, 1.165) is 25.3 Å². The van der Waals surface area contributed by atoms with Crippen LogP contribution in [0.4, 0.5) is 0 Å². The van der Waals surface area contributed by atoms with Gasteiger partial charge in [0.2, 0.25) is 0 Å². The van der Waals surface area contributed by atoms with Gasteiger partial charge in [0.1, 0.15) is 16.8 Å². The van der Waals surface area contributed by atoms with Crippen LogP contribution < -0.4 is 0 Å². The SMILES string of the molecule is CCC(C)C1OC1(C)C1(O)C(/C=C/C=C/C=C/C(=O)O)C2CC=C(C)CC2C2OC21C. The monoisotopic (exact) mass is 428 g/mol. The first-order valence-corrected chi connectivity index (χ1v) is 11.6. The lowest BCUT2D eigenvalue weighted by Crippen LogP contribution is -2.66. The Morgan fingerprint density at radius 3 is 2.58 bits per heavy atom. The zero-order valence-electron chi connectivity index (χ0n) is 19.2. The highest BCUT2D eigenvalue weighted by Gasteiger charge is 2.84. The van der Waals surface area contributed by atoms with Crippen molar-refractivity contribution in [2.75, 3.05) is 0 Å². The lowest BCUT2D eigenvalue weighted by molar-refractivity contribution is -0.143. The van der Waals surface area contributed by atoms with Gasteiger partial charge in [0.05, 0.1) is 12.2 Å². The Morgan fingerprint density at radius 1 is 1.19 bits per heavy atom. The van der Waals surface area contributed by atoms with E-state index in [1.807, 2.05) is 12.2 Å². The molecule has 0 radical (unpaired) electrons. The Balaban J connectivity index is 1.69. The number of aliphatic carboxylic acids is 1. The summed E-state index contributed by atoms with van der Waals surface area (Å²) in [5, 5.41) is 21.2. The van der Waals surface area contributed by atoms with Crippen LogP contribution in [0, 0.1) is 23.7 Å². The molecule has 0 aromatic rings. The summed E-state index contributed by atoms with van der Waals surface area (Å²) in [6, 6.07) is 0. The Kier molecular flexibility index (Phi) is 5.60. The van der Waals surface area contributed by atoms with Crippen LogP contribution in [0.1, 0.15) is 53.9 Å². The zero-order valence-corrected chi connectivity index (χ0v) is 19.2. The number of carboxylic acid groups (broad SMARTS) is 1. The van der Waals surface area contributed by atoms with Crippen LogP contribution in [0.5, 0.6) is 0 Å². The van der Waals surface area contributed by atoms with Crippen molar-refractivity contribution in [1.82, 2.24) is 0 Å². The third kappa shape index (κ3) is 3.37. The average Bonchev–Trinajstić information content (AvgIpc) is 3.61. The van der Waals surface area contributed by atoms with Gasteiger partial charge in [-0.15, -0.1) is 0 Å². The highest BCUT2D eigenvalue weighted by Crippen LogP contribution is 2.70. The summed E-state index contributed by atoms with van der Waals surface area (Å²) in [6.45, 7) is 10.7. The van der Waals surface area contributed by atoms with E-state index in [-0.39, 0.29) is 24.0 Å². The van der Waals surface area contributed by atoms with E-state index in [1.54, 1.807) is 6.08 Å². The average molecular weight is 429 g/mol.